The maximum Gasteiger partial charge on any atom is 0.311 e. The number of nitrogens with two attached hydrogens (primary N) is 1. The fourth-order valence-corrected chi connectivity index (χ4v) is 3.88. The summed E-state index contributed by atoms with van der Waals surface area (Å²) in [5, 5.41) is 10.4. The van der Waals surface area contributed by atoms with Crippen molar-refractivity contribution in [2.24, 2.45) is 5.73 Å². The second-order valence-electron chi connectivity index (χ2n) is 7.62. The monoisotopic (exact) mass is 433 g/mol. The molecule has 164 valence electrons. The summed E-state index contributed by atoms with van der Waals surface area (Å²) in [6, 6.07) is 18.2. The highest BCUT2D eigenvalue weighted by molar-refractivity contribution is 5.86. The van der Waals surface area contributed by atoms with Crippen molar-refractivity contribution in [1.82, 2.24) is 0 Å². The molecule has 0 saturated heterocycles. The molecule has 4 rings (SSSR count). The Hall–Kier alpha value is -3.64. The van der Waals surface area contributed by atoms with E-state index in [0.717, 1.165) is 27.6 Å². The van der Waals surface area contributed by atoms with Crippen molar-refractivity contribution in [3.05, 3.63) is 89.4 Å². The van der Waals surface area contributed by atoms with Crippen LogP contribution in [0, 0.1) is 5.82 Å². The Bertz CT molecular complexity index is 1260. The molecule has 0 spiro atoms. The number of hydrogen-bond acceptors (Lipinski definition) is 4. The zero-order chi connectivity index (χ0) is 22.7. The summed E-state index contributed by atoms with van der Waals surface area (Å²) in [4.78, 5) is 11.6. The molecule has 3 N–H and O–H groups in total. The summed E-state index contributed by atoms with van der Waals surface area (Å²) in [5.74, 6) is -2.48. The molecule has 4 aromatic rings. The summed E-state index contributed by atoms with van der Waals surface area (Å²) in [7, 11) is 0. The highest BCUT2D eigenvalue weighted by Gasteiger charge is 2.24. The van der Waals surface area contributed by atoms with Crippen LogP contribution in [0.15, 0.2) is 71.3 Å². The first kappa shape index (κ1) is 21.6. The van der Waals surface area contributed by atoms with Gasteiger partial charge in [0.25, 0.3) is 0 Å². The van der Waals surface area contributed by atoms with E-state index in [1.165, 1.54) is 12.1 Å². The number of furan rings is 1. The number of aliphatic carboxylic acids is 1. The van der Waals surface area contributed by atoms with Crippen LogP contribution >= 0.6 is 0 Å². The maximum atomic E-state index is 14.6. The quantitative estimate of drug-likeness (QED) is 0.364. The van der Waals surface area contributed by atoms with Gasteiger partial charge in [0, 0.05) is 23.1 Å². The normalized spacial score (nSPS) is 12.1. The molecule has 1 atom stereocenters. The number of carboxylic acid groups (broad SMARTS) is 1. The van der Waals surface area contributed by atoms with E-state index in [9.17, 15) is 14.3 Å². The number of carboxylic acids is 1. The van der Waals surface area contributed by atoms with Gasteiger partial charge in [0.2, 0.25) is 0 Å². The van der Waals surface area contributed by atoms with Gasteiger partial charge in [-0.3, -0.25) is 4.79 Å². The lowest BCUT2D eigenvalue weighted by molar-refractivity contribution is -0.138. The SMILES string of the molecule is CCC(C(=O)O)c1cccc(F)c1OCc1coc2ccc(-c3cccc(CN)c3)cc12. The van der Waals surface area contributed by atoms with E-state index >= 15 is 0 Å². The van der Waals surface area contributed by atoms with Crippen molar-refractivity contribution in [3.63, 3.8) is 0 Å². The molecule has 1 unspecified atom stereocenters. The van der Waals surface area contributed by atoms with E-state index in [0.29, 0.717) is 24.1 Å². The number of carbonyl (C=O) groups is 1. The molecule has 0 fully saturated rings. The fourth-order valence-electron chi connectivity index (χ4n) is 3.88. The minimum Gasteiger partial charge on any atom is -0.485 e. The van der Waals surface area contributed by atoms with Gasteiger partial charge >= 0.3 is 5.97 Å². The Morgan fingerprint density at radius 1 is 1.12 bits per heavy atom. The van der Waals surface area contributed by atoms with Crippen molar-refractivity contribution in [1.29, 1.82) is 0 Å². The molecule has 0 aliphatic rings. The highest BCUT2D eigenvalue weighted by atomic mass is 19.1. The molecular formula is C26H24FNO4. The van der Waals surface area contributed by atoms with Crippen molar-refractivity contribution in [3.8, 4) is 16.9 Å². The number of halogens is 1. The number of para-hydroxylation sites is 1. The standard InChI is InChI=1S/C26H24FNO4/c1-2-20(26(29)30)21-7-4-8-23(27)25(21)32-15-19-14-31-24-10-9-18(12-22(19)24)17-6-3-5-16(11-17)13-28/h3-12,14,20H,2,13,15,28H2,1H3,(H,29,30). The summed E-state index contributed by atoms with van der Waals surface area (Å²) in [6.45, 7) is 2.25. The third-order valence-electron chi connectivity index (χ3n) is 5.60. The second kappa shape index (κ2) is 9.24. The van der Waals surface area contributed by atoms with Crippen LogP contribution in [0.3, 0.4) is 0 Å². The van der Waals surface area contributed by atoms with Crippen LogP contribution in [-0.2, 0) is 17.9 Å². The largest absolute Gasteiger partial charge is 0.485 e. The van der Waals surface area contributed by atoms with E-state index in [4.69, 9.17) is 14.9 Å². The van der Waals surface area contributed by atoms with Gasteiger partial charge in [0.15, 0.2) is 11.6 Å². The van der Waals surface area contributed by atoms with E-state index in [-0.39, 0.29) is 12.4 Å². The van der Waals surface area contributed by atoms with Crippen LogP contribution in [0.25, 0.3) is 22.1 Å². The van der Waals surface area contributed by atoms with E-state index in [1.807, 2.05) is 42.5 Å². The number of rotatable bonds is 8. The first-order chi connectivity index (χ1) is 15.5. The Kier molecular flexibility index (Phi) is 6.23. The van der Waals surface area contributed by atoms with E-state index < -0.39 is 17.7 Å². The maximum absolute atomic E-state index is 14.6. The van der Waals surface area contributed by atoms with Gasteiger partial charge in [-0.1, -0.05) is 43.3 Å². The van der Waals surface area contributed by atoms with Crippen LogP contribution in [0.4, 0.5) is 4.39 Å². The number of fused-ring (bicyclic) bond motifs is 1. The van der Waals surface area contributed by atoms with Crippen molar-refractivity contribution in [2.75, 3.05) is 0 Å². The van der Waals surface area contributed by atoms with Crippen LogP contribution < -0.4 is 10.5 Å². The molecule has 5 nitrogen and oxygen atoms in total. The topological polar surface area (TPSA) is 85.7 Å². The van der Waals surface area contributed by atoms with Crippen molar-refractivity contribution in [2.45, 2.75) is 32.4 Å². The Morgan fingerprint density at radius 2 is 1.91 bits per heavy atom. The molecule has 3 aromatic carbocycles. The minimum atomic E-state index is -1.01. The number of hydrogen-bond donors (Lipinski definition) is 2. The van der Waals surface area contributed by atoms with Crippen LogP contribution in [0.1, 0.15) is 36.0 Å². The predicted octanol–water partition coefficient (Wildman–Crippen LogP) is 5.85. The molecule has 0 amide bonds. The fraction of sp³-hybridized carbons (Fsp3) is 0.192. The van der Waals surface area contributed by atoms with Crippen molar-refractivity contribution >= 4 is 16.9 Å². The van der Waals surface area contributed by atoms with Gasteiger partial charge in [0.1, 0.15) is 12.2 Å². The van der Waals surface area contributed by atoms with Gasteiger partial charge in [-0.2, -0.15) is 0 Å². The van der Waals surface area contributed by atoms with E-state index in [1.54, 1.807) is 19.3 Å². The predicted molar refractivity (Wildman–Crippen MR) is 121 cm³/mol. The molecule has 0 radical (unpaired) electrons. The van der Waals surface area contributed by atoms with E-state index in [2.05, 4.69) is 0 Å². The molecule has 0 aliphatic heterocycles. The summed E-state index contributed by atoms with van der Waals surface area (Å²) in [6.07, 6.45) is 1.91. The average Bonchev–Trinajstić information content (AvgIpc) is 3.21. The zero-order valence-corrected chi connectivity index (χ0v) is 17.7. The van der Waals surface area contributed by atoms with Gasteiger partial charge in [-0.15, -0.1) is 0 Å². The average molecular weight is 433 g/mol. The third kappa shape index (κ3) is 4.22. The molecule has 0 bridgehead atoms. The molecule has 1 aromatic heterocycles. The Labute approximate surface area is 185 Å². The molecule has 0 aliphatic carbocycles. The summed E-state index contributed by atoms with van der Waals surface area (Å²) < 4.78 is 26.0. The second-order valence-corrected chi connectivity index (χ2v) is 7.62. The third-order valence-corrected chi connectivity index (χ3v) is 5.60. The molecule has 0 saturated carbocycles. The highest BCUT2D eigenvalue weighted by Crippen LogP contribution is 2.34. The van der Waals surface area contributed by atoms with Gasteiger partial charge < -0.3 is 20.0 Å². The first-order valence-corrected chi connectivity index (χ1v) is 10.4. The van der Waals surface area contributed by atoms with Crippen molar-refractivity contribution < 1.29 is 23.4 Å². The zero-order valence-electron chi connectivity index (χ0n) is 17.7. The molecular weight excluding hydrogens is 409 g/mol. The minimum absolute atomic E-state index is 0.0390. The lowest BCUT2D eigenvalue weighted by Crippen LogP contribution is -2.13. The molecule has 6 heteroatoms. The summed E-state index contributed by atoms with van der Waals surface area (Å²) in [5.41, 5.74) is 10.6. The first-order valence-electron chi connectivity index (χ1n) is 10.4. The van der Waals surface area contributed by atoms with Gasteiger partial charge in [-0.05, 0) is 47.4 Å². The van der Waals surface area contributed by atoms with Crippen LogP contribution in [-0.4, -0.2) is 11.1 Å². The number of ether oxygens (including phenoxy) is 1. The Balaban J connectivity index is 1.66. The van der Waals surface area contributed by atoms with Crippen LogP contribution in [0.2, 0.25) is 0 Å². The van der Waals surface area contributed by atoms with Gasteiger partial charge in [-0.25, -0.2) is 4.39 Å². The van der Waals surface area contributed by atoms with Gasteiger partial charge in [0.05, 0.1) is 12.2 Å². The number of benzene rings is 3. The lowest BCUT2D eigenvalue weighted by Gasteiger charge is -2.16. The Morgan fingerprint density at radius 3 is 2.66 bits per heavy atom. The smallest absolute Gasteiger partial charge is 0.311 e. The molecule has 1 heterocycles. The van der Waals surface area contributed by atoms with Crippen LogP contribution in [0.5, 0.6) is 5.75 Å². The summed E-state index contributed by atoms with van der Waals surface area (Å²) >= 11 is 0. The lowest BCUT2D eigenvalue weighted by atomic mass is 9.95. The molecule has 32 heavy (non-hydrogen) atoms.